The summed E-state index contributed by atoms with van der Waals surface area (Å²) in [5.41, 5.74) is 4.13. The summed E-state index contributed by atoms with van der Waals surface area (Å²) in [6.45, 7) is 2.65. The topological polar surface area (TPSA) is 53.8 Å². The van der Waals surface area contributed by atoms with Gasteiger partial charge in [0.15, 0.2) is 0 Å². The van der Waals surface area contributed by atoms with Crippen LogP contribution in [0.15, 0.2) is 47.6 Å². The number of nitrogens with one attached hydrogen (secondary N) is 1. The molecule has 2 aromatic rings. The molecule has 0 fully saturated rings. The van der Waals surface area contributed by atoms with E-state index in [2.05, 4.69) is 10.5 Å². The molecule has 110 valence electrons. The summed E-state index contributed by atoms with van der Waals surface area (Å²) in [5.74, 6) is 0.763. The quantitative estimate of drug-likeness (QED) is 0.618. The molecule has 0 radical (unpaired) electrons. The molecule has 0 heterocycles. The van der Waals surface area contributed by atoms with Crippen LogP contribution < -0.4 is 10.2 Å². The van der Waals surface area contributed by atoms with Gasteiger partial charge in [0, 0.05) is 11.6 Å². The zero-order valence-electron chi connectivity index (χ0n) is 11.7. The molecule has 0 spiro atoms. The molecule has 0 saturated heterocycles. The molecule has 0 unspecified atom stereocenters. The molecule has 21 heavy (non-hydrogen) atoms. The number of rotatable bonds is 6. The van der Waals surface area contributed by atoms with E-state index in [1.54, 1.807) is 24.3 Å². The summed E-state index contributed by atoms with van der Waals surface area (Å²) in [6, 6.07) is 12.4. The predicted octanol–water partition coefficient (Wildman–Crippen LogP) is 4.28. The lowest BCUT2D eigenvalue weighted by molar-refractivity contribution is 0.315. The van der Waals surface area contributed by atoms with Crippen LogP contribution in [0.2, 0.25) is 5.02 Å². The van der Waals surface area contributed by atoms with E-state index in [-0.39, 0.29) is 5.75 Å². The highest BCUT2D eigenvalue weighted by Gasteiger charge is 2.01. The molecule has 2 rings (SSSR count). The molecule has 2 aromatic carbocycles. The van der Waals surface area contributed by atoms with Crippen molar-refractivity contribution in [2.75, 3.05) is 12.0 Å². The maximum atomic E-state index is 9.92. The van der Waals surface area contributed by atoms with Gasteiger partial charge in [0.05, 0.1) is 23.5 Å². The molecule has 0 aliphatic rings. The molecule has 5 heteroatoms. The number of ether oxygens (including phenoxy) is 1. The minimum atomic E-state index is 0.119. The number of phenols is 1. The predicted molar refractivity (Wildman–Crippen MR) is 86.6 cm³/mol. The van der Waals surface area contributed by atoms with Crippen LogP contribution in [-0.2, 0) is 0 Å². The zero-order valence-corrected chi connectivity index (χ0v) is 12.5. The van der Waals surface area contributed by atoms with Gasteiger partial charge in [-0.3, -0.25) is 5.43 Å². The van der Waals surface area contributed by atoms with E-state index in [9.17, 15) is 5.11 Å². The Balaban J connectivity index is 2.02. The Morgan fingerprint density at radius 2 is 2.10 bits per heavy atom. The fourth-order valence-corrected chi connectivity index (χ4v) is 1.84. The Labute approximate surface area is 129 Å². The number of hydrogen-bond donors (Lipinski definition) is 2. The molecule has 0 aliphatic carbocycles. The van der Waals surface area contributed by atoms with Crippen molar-refractivity contribution in [3.05, 3.63) is 53.1 Å². The lowest BCUT2D eigenvalue weighted by Gasteiger charge is -2.06. The van der Waals surface area contributed by atoms with Crippen LogP contribution in [0.4, 0.5) is 5.69 Å². The third-order valence-electron chi connectivity index (χ3n) is 2.74. The first-order chi connectivity index (χ1) is 10.2. The lowest BCUT2D eigenvalue weighted by Crippen LogP contribution is -1.96. The summed E-state index contributed by atoms with van der Waals surface area (Å²) in [5, 5.41) is 14.6. The molecule has 2 N–H and O–H groups in total. The Morgan fingerprint density at radius 3 is 2.81 bits per heavy atom. The first kappa shape index (κ1) is 15.2. The second-order valence-corrected chi connectivity index (χ2v) is 4.83. The van der Waals surface area contributed by atoms with Crippen molar-refractivity contribution in [3.8, 4) is 11.5 Å². The van der Waals surface area contributed by atoms with Crippen LogP contribution in [0.25, 0.3) is 0 Å². The summed E-state index contributed by atoms with van der Waals surface area (Å²) in [7, 11) is 0. The number of anilines is 1. The summed E-state index contributed by atoms with van der Waals surface area (Å²) in [6.07, 6.45) is 2.45. The fourth-order valence-electron chi connectivity index (χ4n) is 1.67. The first-order valence-electron chi connectivity index (χ1n) is 6.70. The normalized spacial score (nSPS) is 10.8. The molecule has 0 amide bonds. The van der Waals surface area contributed by atoms with Gasteiger partial charge >= 0.3 is 0 Å². The first-order valence-corrected chi connectivity index (χ1v) is 7.08. The average Bonchev–Trinajstić information content (AvgIpc) is 2.49. The van der Waals surface area contributed by atoms with Gasteiger partial charge in [-0.2, -0.15) is 5.10 Å². The zero-order chi connectivity index (χ0) is 15.1. The van der Waals surface area contributed by atoms with E-state index in [0.29, 0.717) is 28.6 Å². The van der Waals surface area contributed by atoms with Crippen molar-refractivity contribution in [2.45, 2.75) is 13.3 Å². The second-order valence-electron chi connectivity index (χ2n) is 4.42. The van der Waals surface area contributed by atoms with Gasteiger partial charge in [-0.05, 0) is 30.7 Å². The highest BCUT2D eigenvalue weighted by molar-refractivity contribution is 6.33. The van der Waals surface area contributed by atoms with Gasteiger partial charge in [0.25, 0.3) is 0 Å². The number of hydrogen-bond acceptors (Lipinski definition) is 4. The van der Waals surface area contributed by atoms with Crippen molar-refractivity contribution in [3.63, 3.8) is 0 Å². The van der Waals surface area contributed by atoms with Gasteiger partial charge in [-0.25, -0.2) is 0 Å². The van der Waals surface area contributed by atoms with Crippen molar-refractivity contribution >= 4 is 23.5 Å². The van der Waals surface area contributed by atoms with Crippen LogP contribution in [0.3, 0.4) is 0 Å². The van der Waals surface area contributed by atoms with Crippen molar-refractivity contribution in [1.82, 2.24) is 0 Å². The summed E-state index contributed by atoms with van der Waals surface area (Å²) >= 11 is 6.00. The summed E-state index contributed by atoms with van der Waals surface area (Å²) < 4.78 is 5.44. The highest BCUT2D eigenvalue weighted by atomic mass is 35.5. The number of phenolic OH excluding ortho intramolecular Hbond substituents is 1. The molecule has 0 saturated carbocycles. The molecular formula is C16H17ClN2O2. The van der Waals surface area contributed by atoms with Crippen molar-refractivity contribution in [1.29, 1.82) is 0 Å². The van der Waals surface area contributed by atoms with E-state index in [4.69, 9.17) is 16.3 Å². The highest BCUT2D eigenvalue weighted by Crippen LogP contribution is 2.23. The van der Waals surface area contributed by atoms with Gasteiger partial charge in [-0.15, -0.1) is 0 Å². The molecule has 4 nitrogen and oxygen atoms in total. The minimum absolute atomic E-state index is 0.119. The fraction of sp³-hybridized carbons (Fsp3) is 0.188. The lowest BCUT2D eigenvalue weighted by atomic mass is 10.2. The van der Waals surface area contributed by atoms with Crippen LogP contribution in [0, 0.1) is 0 Å². The number of hydrazone groups is 1. The number of halogens is 1. The molecule has 0 aliphatic heterocycles. The van der Waals surface area contributed by atoms with E-state index in [0.717, 1.165) is 6.42 Å². The number of nitrogens with zero attached hydrogens (tertiary/aromatic N) is 1. The standard InChI is InChI=1S/C16H17ClN2O2/c1-2-9-21-13-8-7-12(16(20)10-13)11-18-19-15-6-4-3-5-14(15)17/h3-8,10-11,19-20H,2,9H2,1H3/b18-11+. The SMILES string of the molecule is CCCOc1ccc(/C=N/Nc2ccccc2Cl)c(O)c1. The van der Waals surface area contributed by atoms with Gasteiger partial charge in [0.1, 0.15) is 11.5 Å². The van der Waals surface area contributed by atoms with Crippen molar-refractivity contribution in [2.24, 2.45) is 5.10 Å². The van der Waals surface area contributed by atoms with E-state index >= 15 is 0 Å². The Bertz CT molecular complexity index is 629. The Hall–Kier alpha value is -2.20. The van der Waals surface area contributed by atoms with Gasteiger partial charge in [0.2, 0.25) is 0 Å². The smallest absolute Gasteiger partial charge is 0.128 e. The van der Waals surface area contributed by atoms with Gasteiger partial charge in [-0.1, -0.05) is 30.7 Å². The number of para-hydroxylation sites is 1. The van der Waals surface area contributed by atoms with Gasteiger partial charge < -0.3 is 9.84 Å². The third-order valence-corrected chi connectivity index (χ3v) is 3.07. The second kappa shape index (κ2) is 7.55. The molecular weight excluding hydrogens is 288 g/mol. The largest absolute Gasteiger partial charge is 0.507 e. The number of benzene rings is 2. The maximum Gasteiger partial charge on any atom is 0.128 e. The Morgan fingerprint density at radius 1 is 1.29 bits per heavy atom. The molecule has 0 aromatic heterocycles. The van der Waals surface area contributed by atoms with Crippen LogP contribution >= 0.6 is 11.6 Å². The average molecular weight is 305 g/mol. The summed E-state index contributed by atoms with van der Waals surface area (Å²) in [4.78, 5) is 0. The monoisotopic (exact) mass is 304 g/mol. The van der Waals surface area contributed by atoms with Crippen LogP contribution in [0.1, 0.15) is 18.9 Å². The van der Waals surface area contributed by atoms with E-state index in [1.165, 1.54) is 6.21 Å². The molecule has 0 bridgehead atoms. The molecule has 0 atom stereocenters. The van der Waals surface area contributed by atoms with Crippen LogP contribution in [0.5, 0.6) is 11.5 Å². The number of aromatic hydroxyl groups is 1. The van der Waals surface area contributed by atoms with Crippen molar-refractivity contribution < 1.29 is 9.84 Å². The third kappa shape index (κ3) is 4.39. The maximum absolute atomic E-state index is 9.92. The van der Waals surface area contributed by atoms with Crippen LogP contribution in [-0.4, -0.2) is 17.9 Å². The van der Waals surface area contributed by atoms with E-state index < -0.39 is 0 Å². The Kier molecular flexibility index (Phi) is 5.46. The minimum Gasteiger partial charge on any atom is -0.507 e. The van der Waals surface area contributed by atoms with E-state index in [1.807, 2.05) is 25.1 Å².